The number of ether oxygens (including phenoxy) is 1. The van der Waals surface area contributed by atoms with Crippen molar-refractivity contribution in [1.29, 1.82) is 0 Å². The lowest BCUT2D eigenvalue weighted by atomic mass is 10.1. The number of hydrazine groups is 1. The van der Waals surface area contributed by atoms with E-state index in [1.165, 1.54) is 0 Å². The van der Waals surface area contributed by atoms with Gasteiger partial charge in [-0.25, -0.2) is 9.99 Å². The molecule has 3 aromatic rings. The molecule has 0 bridgehead atoms. The van der Waals surface area contributed by atoms with Crippen LogP contribution < -0.4 is 5.43 Å². The molecule has 1 aliphatic rings. The second-order valence-electron chi connectivity index (χ2n) is 7.17. The molecule has 158 valence electrons. The minimum absolute atomic E-state index is 0.136. The largest absolute Gasteiger partial charge is 0.379 e. The summed E-state index contributed by atoms with van der Waals surface area (Å²) in [5, 5.41) is 3.36. The van der Waals surface area contributed by atoms with Gasteiger partial charge in [-0.1, -0.05) is 53.0 Å². The maximum atomic E-state index is 13.0. The molecule has 1 saturated heterocycles. The molecule has 1 unspecified atom stereocenters. The van der Waals surface area contributed by atoms with E-state index < -0.39 is 6.04 Å². The Kier molecular flexibility index (Phi) is 6.51. The standard InChI is InChI=1S/C21H21Cl3N4O2/c1-13(21(29)26-27-6-8-30-9-7-27)28-19-12-17(24)16(23)11-18(19)25-20(28)10-14-4-2-3-5-15(14)22/h2-5,11-13H,6-10H2,1H3,(H,26,29). The summed E-state index contributed by atoms with van der Waals surface area (Å²) in [6, 6.07) is 10.5. The monoisotopic (exact) mass is 466 g/mol. The predicted molar refractivity (Wildman–Crippen MR) is 119 cm³/mol. The third-order valence-corrected chi connectivity index (χ3v) is 6.25. The lowest BCUT2D eigenvalue weighted by Gasteiger charge is -2.28. The second kappa shape index (κ2) is 9.12. The molecular formula is C21H21Cl3N4O2. The highest BCUT2D eigenvalue weighted by Crippen LogP contribution is 2.31. The average molecular weight is 468 g/mol. The Bertz CT molecular complexity index is 1080. The van der Waals surface area contributed by atoms with Crippen molar-refractivity contribution in [2.45, 2.75) is 19.4 Å². The number of hydrogen-bond acceptors (Lipinski definition) is 4. The third kappa shape index (κ3) is 4.43. The molecule has 0 radical (unpaired) electrons. The molecule has 30 heavy (non-hydrogen) atoms. The van der Waals surface area contributed by atoms with Crippen molar-refractivity contribution >= 4 is 51.7 Å². The van der Waals surface area contributed by atoms with Crippen LogP contribution in [0.1, 0.15) is 24.4 Å². The second-order valence-corrected chi connectivity index (χ2v) is 8.39. The molecule has 6 nitrogen and oxygen atoms in total. The molecule has 1 N–H and O–H groups in total. The zero-order valence-corrected chi connectivity index (χ0v) is 18.6. The van der Waals surface area contributed by atoms with Crippen LogP contribution in [0, 0.1) is 0 Å². The number of imidazole rings is 1. The molecule has 0 saturated carbocycles. The highest BCUT2D eigenvalue weighted by atomic mass is 35.5. The highest BCUT2D eigenvalue weighted by Gasteiger charge is 2.25. The number of carbonyl (C=O) groups excluding carboxylic acids is 1. The maximum Gasteiger partial charge on any atom is 0.257 e. The summed E-state index contributed by atoms with van der Waals surface area (Å²) in [7, 11) is 0. The van der Waals surface area contributed by atoms with Crippen LogP contribution in [-0.2, 0) is 16.0 Å². The Hall–Kier alpha value is -1.83. The molecule has 4 rings (SSSR count). The van der Waals surface area contributed by atoms with E-state index in [0.717, 1.165) is 11.1 Å². The van der Waals surface area contributed by atoms with E-state index in [1.54, 1.807) is 12.1 Å². The Balaban J connectivity index is 1.72. The smallest absolute Gasteiger partial charge is 0.257 e. The van der Waals surface area contributed by atoms with Crippen LogP contribution in [0.3, 0.4) is 0 Å². The van der Waals surface area contributed by atoms with Gasteiger partial charge in [0.15, 0.2) is 0 Å². The number of fused-ring (bicyclic) bond motifs is 1. The first-order chi connectivity index (χ1) is 14.4. The van der Waals surface area contributed by atoms with Gasteiger partial charge in [0, 0.05) is 24.5 Å². The van der Waals surface area contributed by atoms with E-state index >= 15 is 0 Å². The van der Waals surface area contributed by atoms with E-state index in [0.29, 0.717) is 59.1 Å². The molecule has 1 aromatic heterocycles. The predicted octanol–water partition coefficient (Wildman–Crippen LogP) is 4.51. The minimum Gasteiger partial charge on any atom is -0.379 e. The first kappa shape index (κ1) is 21.4. The number of benzene rings is 2. The Morgan fingerprint density at radius 3 is 2.57 bits per heavy atom. The number of hydrogen-bond donors (Lipinski definition) is 1. The lowest BCUT2D eigenvalue weighted by molar-refractivity contribution is -0.130. The van der Waals surface area contributed by atoms with Gasteiger partial charge in [0.05, 0.1) is 34.3 Å². The zero-order valence-electron chi connectivity index (χ0n) is 16.4. The van der Waals surface area contributed by atoms with Gasteiger partial charge in [-0.2, -0.15) is 0 Å². The molecule has 1 amide bonds. The molecule has 0 aliphatic carbocycles. The van der Waals surface area contributed by atoms with Crippen molar-refractivity contribution < 1.29 is 9.53 Å². The van der Waals surface area contributed by atoms with E-state index in [1.807, 2.05) is 40.8 Å². The fourth-order valence-corrected chi connectivity index (χ4v) is 4.07. The topological polar surface area (TPSA) is 59.4 Å². The van der Waals surface area contributed by atoms with Gasteiger partial charge in [-0.05, 0) is 30.7 Å². The lowest BCUT2D eigenvalue weighted by Crippen LogP contribution is -2.50. The van der Waals surface area contributed by atoms with Gasteiger partial charge in [0.2, 0.25) is 0 Å². The number of aromatic nitrogens is 2. The highest BCUT2D eigenvalue weighted by molar-refractivity contribution is 6.42. The van der Waals surface area contributed by atoms with E-state index in [9.17, 15) is 4.79 Å². The van der Waals surface area contributed by atoms with Gasteiger partial charge >= 0.3 is 0 Å². The van der Waals surface area contributed by atoms with Crippen LogP contribution in [0.4, 0.5) is 0 Å². The van der Waals surface area contributed by atoms with Crippen molar-refractivity contribution in [1.82, 2.24) is 20.0 Å². The molecule has 1 aliphatic heterocycles. The third-order valence-electron chi connectivity index (χ3n) is 5.16. The number of amides is 1. The summed E-state index contributed by atoms with van der Waals surface area (Å²) in [6.45, 7) is 4.33. The number of nitrogens with zero attached hydrogens (tertiary/aromatic N) is 3. The number of nitrogens with one attached hydrogen (secondary N) is 1. The van der Waals surface area contributed by atoms with Gasteiger partial charge in [0.1, 0.15) is 11.9 Å². The van der Waals surface area contributed by atoms with Gasteiger partial charge in [-0.15, -0.1) is 0 Å². The fraction of sp³-hybridized carbons (Fsp3) is 0.333. The van der Waals surface area contributed by atoms with E-state index in [-0.39, 0.29) is 5.91 Å². The molecule has 2 heterocycles. The van der Waals surface area contributed by atoms with E-state index in [2.05, 4.69) is 5.43 Å². The summed E-state index contributed by atoms with van der Waals surface area (Å²) >= 11 is 18.9. The molecule has 2 aromatic carbocycles. The van der Waals surface area contributed by atoms with Crippen LogP contribution in [0.2, 0.25) is 15.1 Å². The van der Waals surface area contributed by atoms with Crippen LogP contribution >= 0.6 is 34.8 Å². The number of halogens is 3. The summed E-state index contributed by atoms with van der Waals surface area (Å²) in [5.41, 5.74) is 5.33. The summed E-state index contributed by atoms with van der Waals surface area (Å²) < 4.78 is 7.24. The average Bonchev–Trinajstić information content (AvgIpc) is 3.06. The van der Waals surface area contributed by atoms with Crippen molar-refractivity contribution in [3.63, 3.8) is 0 Å². The molecule has 0 spiro atoms. The molecule has 9 heteroatoms. The van der Waals surface area contributed by atoms with Gasteiger partial charge < -0.3 is 9.30 Å². The normalized spacial score (nSPS) is 16.0. The minimum atomic E-state index is -0.521. The quantitative estimate of drug-likeness (QED) is 0.600. The number of morpholine rings is 1. The first-order valence-corrected chi connectivity index (χ1v) is 10.8. The molecule has 1 atom stereocenters. The summed E-state index contributed by atoms with van der Waals surface area (Å²) in [5.74, 6) is 0.573. The van der Waals surface area contributed by atoms with Crippen molar-refractivity contribution in [3.8, 4) is 0 Å². The Labute approximate surface area is 189 Å². The van der Waals surface area contributed by atoms with Crippen LogP contribution in [-0.4, -0.2) is 46.8 Å². The van der Waals surface area contributed by atoms with Crippen molar-refractivity contribution in [2.75, 3.05) is 26.3 Å². The summed E-state index contributed by atoms with van der Waals surface area (Å²) in [4.78, 5) is 17.8. The molecule has 1 fully saturated rings. The Morgan fingerprint density at radius 2 is 1.83 bits per heavy atom. The van der Waals surface area contributed by atoms with Crippen LogP contribution in [0.15, 0.2) is 36.4 Å². The first-order valence-electron chi connectivity index (χ1n) is 9.66. The van der Waals surface area contributed by atoms with Crippen molar-refractivity contribution in [2.24, 2.45) is 0 Å². The van der Waals surface area contributed by atoms with Crippen LogP contribution in [0.25, 0.3) is 11.0 Å². The number of rotatable bonds is 5. The zero-order chi connectivity index (χ0) is 21.3. The van der Waals surface area contributed by atoms with Crippen LogP contribution in [0.5, 0.6) is 0 Å². The Morgan fingerprint density at radius 1 is 1.13 bits per heavy atom. The van der Waals surface area contributed by atoms with Crippen molar-refractivity contribution in [3.05, 3.63) is 62.9 Å². The molecular weight excluding hydrogens is 447 g/mol. The maximum absolute atomic E-state index is 13.0. The van der Waals surface area contributed by atoms with Gasteiger partial charge in [-0.3, -0.25) is 10.2 Å². The number of carbonyl (C=O) groups is 1. The SMILES string of the molecule is CC(C(=O)NN1CCOCC1)n1c(Cc2ccccc2Cl)nc2cc(Cl)c(Cl)cc21. The summed E-state index contributed by atoms with van der Waals surface area (Å²) in [6.07, 6.45) is 0.471. The van der Waals surface area contributed by atoms with Gasteiger partial charge in [0.25, 0.3) is 5.91 Å². The fourth-order valence-electron chi connectivity index (χ4n) is 3.55. The van der Waals surface area contributed by atoms with E-state index in [4.69, 9.17) is 44.5 Å².